The smallest absolute Gasteiger partial charge is 0.131 e. The molecular weight excluding hydrogens is 1130 g/mol. The molecule has 12 nitrogen and oxygen atoms in total. The summed E-state index contributed by atoms with van der Waals surface area (Å²) in [5.74, 6) is 0. The van der Waals surface area contributed by atoms with Gasteiger partial charge < -0.3 is 49.2 Å². The maximum absolute atomic E-state index is 6.13. The molecule has 506 valence electrons. The van der Waals surface area contributed by atoms with Crippen LogP contribution in [-0.2, 0) is 0 Å². The second-order valence-corrected chi connectivity index (χ2v) is 27.7. The van der Waals surface area contributed by atoms with E-state index in [0.717, 1.165) is 149 Å². The third-order valence-corrected chi connectivity index (χ3v) is 20.4. The lowest BCUT2D eigenvalue weighted by Crippen LogP contribution is -2.33. The molecule has 6 aliphatic rings. The maximum Gasteiger partial charge on any atom is 0.131 e. The minimum absolute atomic E-state index is 0.0254. The summed E-state index contributed by atoms with van der Waals surface area (Å²) in [7, 11) is 0. The average Bonchev–Trinajstić information content (AvgIpc) is 1.60. The van der Waals surface area contributed by atoms with Crippen molar-refractivity contribution in [3.63, 3.8) is 0 Å². The first-order valence-electron chi connectivity index (χ1n) is 38.3. The molecule has 0 amide bonds. The zero-order valence-electron chi connectivity index (χ0n) is 59.3. The van der Waals surface area contributed by atoms with Crippen LogP contribution in [0, 0.1) is 0 Å². The van der Waals surface area contributed by atoms with Gasteiger partial charge in [0, 0.05) is 146 Å². The van der Waals surface area contributed by atoms with Gasteiger partial charge in [-0.2, -0.15) is 0 Å². The van der Waals surface area contributed by atoms with E-state index in [0.29, 0.717) is 0 Å². The van der Waals surface area contributed by atoms with Crippen molar-refractivity contribution in [1.82, 2.24) is 59.1 Å². The third-order valence-electron chi connectivity index (χ3n) is 20.4. The number of fused-ring (bicyclic) bond motifs is 8. The van der Waals surface area contributed by atoms with Crippen molar-refractivity contribution in [3.8, 4) is 0 Å². The first-order chi connectivity index (χ1) is 45.4. The summed E-state index contributed by atoms with van der Waals surface area (Å²) in [6, 6.07) is 9.71. The highest BCUT2D eigenvalue weighted by Crippen LogP contribution is 2.44. The minimum Gasteiger partial charge on any atom is -0.355 e. The van der Waals surface area contributed by atoms with Crippen molar-refractivity contribution in [2.45, 2.75) is 286 Å². The molecule has 3 aromatic heterocycles. The van der Waals surface area contributed by atoms with Gasteiger partial charge in [0.05, 0.1) is 22.8 Å². The van der Waals surface area contributed by atoms with Gasteiger partial charge in [-0.15, -0.1) is 0 Å². The van der Waals surface area contributed by atoms with Gasteiger partial charge in [0.25, 0.3) is 0 Å². The fraction of sp³-hybridized carbons (Fsp3) is 0.650. The SMILES string of the molecule is CCCCCCN1C=CN(CCCCCC)C1c1c2nc(c(C3N(CCCCCC)C=CN3CCCCCC)c3ccc([nH]3)c(C3N(CCCCCC)C=CN3CCCCCC)c3nc(c(C4N(CCCCCC)C=CN4CCCCCC)c4ccc1[nH]4)C=C3)C=C2. The van der Waals surface area contributed by atoms with Crippen molar-refractivity contribution >= 4 is 46.4 Å². The van der Waals surface area contributed by atoms with E-state index in [4.69, 9.17) is 9.97 Å². The van der Waals surface area contributed by atoms with Crippen molar-refractivity contribution in [2.24, 2.45) is 0 Å². The zero-order valence-corrected chi connectivity index (χ0v) is 59.3. The third kappa shape index (κ3) is 18.2. The average molecular weight is 1260 g/mol. The molecule has 0 saturated carbocycles. The summed E-state index contributed by atoms with van der Waals surface area (Å²) < 4.78 is 0. The number of nitrogens with one attached hydrogen (secondary N) is 2. The van der Waals surface area contributed by atoms with Gasteiger partial charge in [-0.3, -0.25) is 0 Å². The monoisotopic (exact) mass is 1260 g/mol. The summed E-state index contributed by atoms with van der Waals surface area (Å²) in [6.45, 7) is 26.7. The number of aromatic nitrogens is 4. The number of nitrogens with zero attached hydrogens (tertiary/aromatic N) is 10. The van der Waals surface area contributed by atoms with E-state index in [1.165, 1.54) is 176 Å². The van der Waals surface area contributed by atoms with E-state index in [1.807, 2.05) is 0 Å². The van der Waals surface area contributed by atoms with Crippen LogP contribution in [0.1, 0.15) is 331 Å². The topological polar surface area (TPSA) is 83.3 Å². The van der Waals surface area contributed by atoms with Crippen molar-refractivity contribution in [2.75, 3.05) is 52.4 Å². The molecule has 0 atom stereocenters. The van der Waals surface area contributed by atoms with Gasteiger partial charge in [0.15, 0.2) is 0 Å². The molecule has 0 aromatic carbocycles. The minimum atomic E-state index is -0.0254. The summed E-state index contributed by atoms with van der Waals surface area (Å²) in [5.41, 5.74) is 13.8. The van der Waals surface area contributed by atoms with Crippen LogP contribution in [0.5, 0.6) is 0 Å². The highest BCUT2D eigenvalue weighted by atomic mass is 15.4. The highest BCUT2D eigenvalue weighted by Gasteiger charge is 2.38. The van der Waals surface area contributed by atoms with Crippen LogP contribution in [0.15, 0.2) is 73.9 Å². The predicted molar refractivity (Wildman–Crippen MR) is 393 cm³/mol. The van der Waals surface area contributed by atoms with Crippen LogP contribution in [0.25, 0.3) is 46.4 Å². The molecule has 3 aromatic rings. The Morgan fingerprint density at radius 2 is 0.402 bits per heavy atom. The van der Waals surface area contributed by atoms with Crippen LogP contribution in [0.3, 0.4) is 0 Å². The number of H-pyrrole nitrogens is 2. The molecule has 0 saturated heterocycles. The molecule has 12 heteroatoms. The van der Waals surface area contributed by atoms with Gasteiger partial charge in [-0.05, 0) is 99.9 Å². The fourth-order valence-electron chi connectivity index (χ4n) is 15.1. The van der Waals surface area contributed by atoms with E-state index < -0.39 is 0 Å². The Morgan fingerprint density at radius 1 is 0.239 bits per heavy atom. The summed E-state index contributed by atoms with van der Waals surface area (Å²) in [5, 5.41) is 0. The summed E-state index contributed by atoms with van der Waals surface area (Å²) in [6.07, 6.45) is 67.9. The standard InChI is InChI=1S/C80H126N12/c1-9-17-25-33-49-85-57-58-86(50-34-26-18-10-2)77(85)73-65-41-43-67(81-65)74(78-87(51-35-27-19-11-3)59-60-88(78)52-36-28-20-12-4)69-45-47-71(83-69)76(80-91(55-39-31-23-15-7)63-64-92(80)56-40-32-24-16-8)72-48-46-70(84-72)75(68-44-42-66(73)82-68)79-89(53-37-29-21-13-5)61-62-90(79)54-38-30-22-14-6/h41-48,57-64,77-81,84H,9-40,49-56H2,1-8H3. The van der Waals surface area contributed by atoms with E-state index in [1.54, 1.807) is 0 Å². The quantitative estimate of drug-likeness (QED) is 0.0368. The van der Waals surface area contributed by atoms with Gasteiger partial charge in [0.2, 0.25) is 0 Å². The second-order valence-electron chi connectivity index (χ2n) is 27.7. The highest BCUT2D eigenvalue weighted by molar-refractivity contribution is 5.84. The molecular formula is C80H126N12. The molecule has 0 spiro atoms. The Bertz CT molecular complexity index is 2550. The van der Waals surface area contributed by atoms with E-state index in [2.05, 4.69) is 203 Å². The Kier molecular flexibility index (Phi) is 28.8. The number of aromatic amines is 2. The fourth-order valence-corrected chi connectivity index (χ4v) is 15.1. The Hall–Kier alpha value is -6.04. The molecule has 9 rings (SSSR count). The molecule has 0 aliphatic carbocycles. The van der Waals surface area contributed by atoms with E-state index >= 15 is 0 Å². The van der Waals surface area contributed by atoms with Crippen LogP contribution in [0.4, 0.5) is 0 Å². The lowest BCUT2D eigenvalue weighted by atomic mass is 10.1. The van der Waals surface area contributed by atoms with Crippen molar-refractivity contribution in [1.29, 1.82) is 0 Å². The normalized spacial score (nSPS) is 16.1. The second kappa shape index (κ2) is 37.7. The van der Waals surface area contributed by atoms with Crippen LogP contribution < -0.4 is 0 Å². The molecule has 2 N–H and O–H groups in total. The van der Waals surface area contributed by atoms with Gasteiger partial charge in [-0.1, -0.05) is 209 Å². The van der Waals surface area contributed by atoms with Gasteiger partial charge in [-0.25, -0.2) is 9.97 Å². The Morgan fingerprint density at radius 3 is 0.554 bits per heavy atom. The lowest BCUT2D eigenvalue weighted by Gasteiger charge is -2.34. The zero-order chi connectivity index (χ0) is 64.3. The number of unbranched alkanes of at least 4 members (excludes halogenated alkanes) is 24. The number of hydrogen-bond donors (Lipinski definition) is 2. The van der Waals surface area contributed by atoms with Crippen LogP contribution >= 0.6 is 0 Å². The molecule has 0 unspecified atom stereocenters. The predicted octanol–water partition coefficient (Wildman–Crippen LogP) is 21.6. The molecule has 8 bridgehead atoms. The molecule has 0 radical (unpaired) electrons. The molecule has 92 heavy (non-hydrogen) atoms. The summed E-state index contributed by atoms with van der Waals surface area (Å²) >= 11 is 0. The first kappa shape index (κ1) is 70.3. The Balaban J connectivity index is 1.37. The van der Waals surface area contributed by atoms with Crippen LogP contribution in [-0.4, -0.2) is 111 Å². The maximum atomic E-state index is 6.13. The van der Waals surface area contributed by atoms with E-state index in [-0.39, 0.29) is 24.7 Å². The van der Waals surface area contributed by atoms with E-state index in [9.17, 15) is 0 Å². The number of hydrogen-bond acceptors (Lipinski definition) is 10. The molecule has 6 aliphatic heterocycles. The van der Waals surface area contributed by atoms with Crippen molar-refractivity contribution < 1.29 is 0 Å². The summed E-state index contributed by atoms with van der Waals surface area (Å²) in [4.78, 5) is 42.3. The lowest BCUT2D eigenvalue weighted by molar-refractivity contribution is 0.149. The number of rotatable bonds is 44. The largest absolute Gasteiger partial charge is 0.355 e. The van der Waals surface area contributed by atoms with Crippen molar-refractivity contribution in [3.05, 3.63) is 119 Å². The van der Waals surface area contributed by atoms with Gasteiger partial charge >= 0.3 is 0 Å². The molecule has 9 heterocycles. The Labute approximate surface area is 559 Å². The van der Waals surface area contributed by atoms with Crippen LogP contribution in [0.2, 0.25) is 0 Å². The first-order valence-corrected chi connectivity index (χ1v) is 38.3. The van der Waals surface area contributed by atoms with Gasteiger partial charge in [0.1, 0.15) is 24.7 Å². The molecule has 0 fully saturated rings.